The Bertz CT molecular complexity index is 1110. The number of aryl methyl sites for hydroxylation is 1. The number of halogens is 1. The first kappa shape index (κ1) is 20.6. The summed E-state index contributed by atoms with van der Waals surface area (Å²) in [5, 5.41) is 11.3. The predicted molar refractivity (Wildman–Crippen MR) is 109 cm³/mol. The van der Waals surface area contributed by atoms with Crippen molar-refractivity contribution in [3.05, 3.63) is 64.5 Å². The standard InChI is InChI=1S/C23H20FNO6/c24-15-4-6-18-17(11-15)21(23(29)25-18)22-16-5-3-13(10-14(16)12-31-22)2-1-9-30-20(28)8-7-19(26)27/h3-6,10-11H,1-2,7-9,12H2,(H,25,29)(H,26,27). The maximum absolute atomic E-state index is 13.7. The molecule has 31 heavy (non-hydrogen) atoms. The normalized spacial score (nSPS) is 16.4. The molecule has 2 aromatic carbocycles. The second-order valence-corrected chi connectivity index (χ2v) is 7.35. The van der Waals surface area contributed by atoms with Gasteiger partial charge in [0.15, 0.2) is 0 Å². The highest BCUT2D eigenvalue weighted by molar-refractivity contribution is 6.36. The van der Waals surface area contributed by atoms with Crippen LogP contribution in [0.25, 0.3) is 11.3 Å². The van der Waals surface area contributed by atoms with Crippen LogP contribution in [0.3, 0.4) is 0 Å². The molecule has 0 radical (unpaired) electrons. The summed E-state index contributed by atoms with van der Waals surface area (Å²) in [6.45, 7) is 0.522. The summed E-state index contributed by atoms with van der Waals surface area (Å²) in [6, 6.07) is 9.93. The van der Waals surface area contributed by atoms with E-state index in [0.717, 1.165) is 16.7 Å². The Balaban J connectivity index is 1.43. The zero-order valence-corrected chi connectivity index (χ0v) is 16.6. The molecule has 2 N–H and O–H groups in total. The lowest BCUT2D eigenvalue weighted by molar-refractivity contribution is -0.147. The molecular formula is C23H20FNO6. The molecule has 8 heteroatoms. The Kier molecular flexibility index (Phi) is 5.70. The van der Waals surface area contributed by atoms with Gasteiger partial charge in [0.2, 0.25) is 0 Å². The maximum atomic E-state index is 13.7. The number of esters is 1. The zero-order chi connectivity index (χ0) is 22.0. The first-order valence-corrected chi connectivity index (χ1v) is 9.90. The van der Waals surface area contributed by atoms with Crippen molar-refractivity contribution in [2.45, 2.75) is 32.3 Å². The van der Waals surface area contributed by atoms with Crippen molar-refractivity contribution >= 4 is 34.9 Å². The molecule has 0 saturated heterocycles. The molecule has 0 aliphatic carbocycles. The molecule has 7 nitrogen and oxygen atoms in total. The average Bonchev–Trinajstić information content (AvgIpc) is 3.28. The van der Waals surface area contributed by atoms with Gasteiger partial charge in [-0.2, -0.15) is 0 Å². The van der Waals surface area contributed by atoms with Gasteiger partial charge in [-0.1, -0.05) is 18.2 Å². The van der Waals surface area contributed by atoms with E-state index in [0.29, 0.717) is 42.0 Å². The van der Waals surface area contributed by atoms with Crippen LogP contribution in [-0.2, 0) is 36.9 Å². The van der Waals surface area contributed by atoms with E-state index in [1.807, 2.05) is 18.2 Å². The summed E-state index contributed by atoms with van der Waals surface area (Å²) < 4.78 is 24.6. The van der Waals surface area contributed by atoms with Gasteiger partial charge in [-0.25, -0.2) is 4.39 Å². The van der Waals surface area contributed by atoms with Crippen LogP contribution >= 0.6 is 0 Å². The van der Waals surface area contributed by atoms with Gasteiger partial charge in [0.25, 0.3) is 5.91 Å². The van der Waals surface area contributed by atoms with E-state index in [9.17, 15) is 18.8 Å². The fraction of sp³-hybridized carbons (Fsp3) is 0.261. The molecule has 0 fully saturated rings. The minimum absolute atomic E-state index is 0.135. The highest BCUT2D eigenvalue weighted by atomic mass is 19.1. The molecule has 1 amide bonds. The Labute approximate surface area is 177 Å². The van der Waals surface area contributed by atoms with Gasteiger partial charge >= 0.3 is 11.9 Å². The first-order valence-electron chi connectivity index (χ1n) is 9.90. The maximum Gasteiger partial charge on any atom is 0.306 e. The SMILES string of the molecule is O=C(O)CCC(=O)OCCCc1ccc2c(c1)COC2=C1C(=O)Nc2ccc(F)cc21. The number of fused-ring (bicyclic) bond motifs is 2. The molecule has 0 saturated carbocycles. The van der Waals surface area contributed by atoms with Gasteiger partial charge in [-0.3, -0.25) is 14.4 Å². The number of anilines is 1. The Morgan fingerprint density at radius 1 is 1.13 bits per heavy atom. The summed E-state index contributed by atoms with van der Waals surface area (Å²) >= 11 is 0. The van der Waals surface area contributed by atoms with Gasteiger partial charge in [0, 0.05) is 22.4 Å². The minimum atomic E-state index is -1.03. The number of aliphatic carboxylic acids is 1. The number of hydrogen-bond acceptors (Lipinski definition) is 5. The van der Waals surface area contributed by atoms with Crippen molar-refractivity contribution in [1.29, 1.82) is 0 Å². The summed E-state index contributed by atoms with van der Waals surface area (Å²) in [5.41, 5.74) is 4.12. The third kappa shape index (κ3) is 4.42. The molecule has 0 unspecified atom stereocenters. The third-order valence-electron chi connectivity index (χ3n) is 5.16. The van der Waals surface area contributed by atoms with Crippen molar-refractivity contribution < 1.29 is 33.4 Å². The monoisotopic (exact) mass is 425 g/mol. The Morgan fingerprint density at radius 3 is 2.77 bits per heavy atom. The molecule has 4 rings (SSSR count). The summed E-state index contributed by atoms with van der Waals surface area (Å²) in [6.07, 6.45) is 0.890. The molecular weight excluding hydrogens is 405 g/mol. The topological polar surface area (TPSA) is 102 Å². The fourth-order valence-corrected chi connectivity index (χ4v) is 3.69. The van der Waals surface area contributed by atoms with Crippen LogP contribution in [0.1, 0.15) is 41.5 Å². The van der Waals surface area contributed by atoms with Crippen LogP contribution in [-0.4, -0.2) is 29.6 Å². The van der Waals surface area contributed by atoms with E-state index in [2.05, 4.69) is 5.32 Å². The van der Waals surface area contributed by atoms with Gasteiger partial charge < -0.3 is 19.9 Å². The van der Waals surface area contributed by atoms with E-state index < -0.39 is 17.8 Å². The van der Waals surface area contributed by atoms with Crippen molar-refractivity contribution in [2.75, 3.05) is 11.9 Å². The van der Waals surface area contributed by atoms with Gasteiger partial charge in [0.05, 0.1) is 25.0 Å². The van der Waals surface area contributed by atoms with Crippen LogP contribution in [0.4, 0.5) is 10.1 Å². The molecule has 0 bridgehead atoms. The Morgan fingerprint density at radius 2 is 1.97 bits per heavy atom. The van der Waals surface area contributed by atoms with Crippen molar-refractivity contribution in [3.63, 3.8) is 0 Å². The number of nitrogens with one attached hydrogen (secondary N) is 1. The second-order valence-electron chi connectivity index (χ2n) is 7.35. The van der Waals surface area contributed by atoms with E-state index in [1.54, 1.807) is 0 Å². The molecule has 0 spiro atoms. The number of carboxylic acids is 1. The minimum Gasteiger partial charge on any atom is -0.487 e. The number of hydrogen-bond donors (Lipinski definition) is 2. The number of amides is 1. The zero-order valence-electron chi connectivity index (χ0n) is 16.6. The number of rotatable bonds is 7. The highest BCUT2D eigenvalue weighted by Crippen LogP contribution is 2.41. The van der Waals surface area contributed by atoms with E-state index in [-0.39, 0.29) is 25.4 Å². The van der Waals surface area contributed by atoms with Gasteiger partial charge in [0.1, 0.15) is 18.2 Å². The quantitative estimate of drug-likeness (QED) is 0.400. The number of carbonyl (C=O) groups excluding carboxylic acids is 2. The average molecular weight is 425 g/mol. The lowest BCUT2D eigenvalue weighted by Crippen LogP contribution is -2.09. The molecule has 2 heterocycles. The lowest BCUT2D eigenvalue weighted by atomic mass is 9.98. The van der Waals surface area contributed by atoms with Crippen LogP contribution < -0.4 is 5.32 Å². The second kappa shape index (κ2) is 8.59. The van der Waals surface area contributed by atoms with Gasteiger partial charge in [-0.05, 0) is 36.6 Å². The molecule has 2 aliphatic rings. The van der Waals surface area contributed by atoms with Gasteiger partial charge in [-0.15, -0.1) is 0 Å². The number of carbonyl (C=O) groups is 3. The first-order chi connectivity index (χ1) is 14.9. The van der Waals surface area contributed by atoms with Crippen molar-refractivity contribution in [3.8, 4) is 0 Å². The number of ether oxygens (including phenoxy) is 2. The van der Waals surface area contributed by atoms with Crippen LogP contribution in [0, 0.1) is 5.82 Å². The molecule has 0 aromatic heterocycles. The highest BCUT2D eigenvalue weighted by Gasteiger charge is 2.32. The summed E-state index contributed by atoms with van der Waals surface area (Å²) in [7, 11) is 0. The Hall–Kier alpha value is -3.68. The largest absolute Gasteiger partial charge is 0.487 e. The van der Waals surface area contributed by atoms with E-state index in [4.69, 9.17) is 14.6 Å². The number of carboxylic acid groups (broad SMARTS) is 1. The summed E-state index contributed by atoms with van der Waals surface area (Å²) in [4.78, 5) is 34.4. The summed E-state index contributed by atoms with van der Waals surface area (Å²) in [5.74, 6) is -1.86. The predicted octanol–water partition coefficient (Wildman–Crippen LogP) is 3.52. The molecule has 2 aromatic rings. The van der Waals surface area contributed by atoms with Crippen molar-refractivity contribution in [1.82, 2.24) is 0 Å². The van der Waals surface area contributed by atoms with E-state index in [1.165, 1.54) is 18.2 Å². The lowest BCUT2D eigenvalue weighted by Gasteiger charge is -2.07. The molecule has 160 valence electrons. The van der Waals surface area contributed by atoms with E-state index >= 15 is 0 Å². The van der Waals surface area contributed by atoms with Crippen LogP contribution in [0.2, 0.25) is 0 Å². The smallest absolute Gasteiger partial charge is 0.306 e. The fourth-order valence-electron chi connectivity index (χ4n) is 3.69. The molecule has 0 atom stereocenters. The number of benzene rings is 2. The third-order valence-corrected chi connectivity index (χ3v) is 5.16. The van der Waals surface area contributed by atoms with Crippen LogP contribution in [0.5, 0.6) is 0 Å². The molecule has 2 aliphatic heterocycles. The van der Waals surface area contributed by atoms with Crippen molar-refractivity contribution in [2.24, 2.45) is 0 Å². The van der Waals surface area contributed by atoms with Crippen LogP contribution in [0.15, 0.2) is 36.4 Å².